The van der Waals surface area contributed by atoms with Gasteiger partial charge in [0.05, 0.1) is 6.10 Å². The molecule has 0 bridgehead atoms. The fourth-order valence-electron chi connectivity index (χ4n) is 2.81. The summed E-state index contributed by atoms with van der Waals surface area (Å²) in [7, 11) is 2.19. The summed E-state index contributed by atoms with van der Waals surface area (Å²) in [6.07, 6.45) is 4.59. The summed E-state index contributed by atoms with van der Waals surface area (Å²) in [6, 6.07) is 0. The minimum absolute atomic E-state index is 0.0596. The first-order valence-corrected chi connectivity index (χ1v) is 6.89. The van der Waals surface area contributed by atoms with E-state index in [0.29, 0.717) is 5.92 Å². The fraction of sp³-hybridized carbons (Fsp3) is 1.00. The van der Waals surface area contributed by atoms with Gasteiger partial charge in [0.2, 0.25) is 0 Å². The highest BCUT2D eigenvalue weighted by atomic mass is 16.3. The molecule has 1 N–H and O–H groups in total. The molecule has 1 aliphatic rings. The zero-order chi connectivity index (χ0) is 12.1. The fourth-order valence-corrected chi connectivity index (χ4v) is 2.81. The quantitative estimate of drug-likeness (QED) is 0.780. The van der Waals surface area contributed by atoms with E-state index in [1.54, 1.807) is 0 Å². The van der Waals surface area contributed by atoms with Crippen LogP contribution in [0.5, 0.6) is 0 Å². The van der Waals surface area contributed by atoms with Crippen LogP contribution < -0.4 is 0 Å². The van der Waals surface area contributed by atoms with Crippen LogP contribution in [0.2, 0.25) is 0 Å². The van der Waals surface area contributed by atoms with Crippen LogP contribution in [-0.4, -0.2) is 36.2 Å². The van der Waals surface area contributed by atoms with Crippen molar-refractivity contribution in [3.8, 4) is 0 Å². The van der Waals surface area contributed by atoms with Crippen LogP contribution in [0.3, 0.4) is 0 Å². The van der Waals surface area contributed by atoms with E-state index < -0.39 is 0 Å². The predicted octanol–water partition coefficient (Wildman–Crippen LogP) is 2.76. The van der Waals surface area contributed by atoms with E-state index in [1.165, 1.54) is 19.3 Å². The number of rotatable bonds is 5. The van der Waals surface area contributed by atoms with E-state index in [-0.39, 0.29) is 6.10 Å². The van der Waals surface area contributed by atoms with Gasteiger partial charge in [0.1, 0.15) is 0 Å². The van der Waals surface area contributed by atoms with Crippen LogP contribution in [0.4, 0.5) is 0 Å². The number of aliphatic hydroxyl groups is 1. The molecule has 0 amide bonds. The molecule has 0 aromatic carbocycles. The first-order chi connectivity index (χ1) is 7.52. The zero-order valence-electron chi connectivity index (χ0n) is 11.4. The van der Waals surface area contributed by atoms with E-state index in [2.05, 4.69) is 32.7 Å². The molecule has 4 atom stereocenters. The molecule has 96 valence electrons. The molecule has 1 rings (SSSR count). The van der Waals surface area contributed by atoms with Gasteiger partial charge in [0.25, 0.3) is 0 Å². The highest BCUT2D eigenvalue weighted by Gasteiger charge is 2.27. The third-order valence-electron chi connectivity index (χ3n) is 4.07. The monoisotopic (exact) mass is 227 g/mol. The molecule has 4 unspecified atom stereocenters. The molecule has 1 fully saturated rings. The molecule has 2 heteroatoms. The molecule has 0 radical (unpaired) electrons. The minimum Gasteiger partial charge on any atom is -0.393 e. The maximum atomic E-state index is 10.0. The largest absolute Gasteiger partial charge is 0.393 e. The van der Waals surface area contributed by atoms with Crippen molar-refractivity contribution in [1.29, 1.82) is 0 Å². The molecule has 0 aromatic heterocycles. The summed E-state index contributed by atoms with van der Waals surface area (Å²) in [4.78, 5) is 2.40. The molecule has 16 heavy (non-hydrogen) atoms. The van der Waals surface area contributed by atoms with Crippen molar-refractivity contribution < 1.29 is 5.11 Å². The molecular weight excluding hydrogens is 198 g/mol. The van der Waals surface area contributed by atoms with Gasteiger partial charge < -0.3 is 10.0 Å². The molecular formula is C14H29NO. The van der Waals surface area contributed by atoms with Gasteiger partial charge in [-0.25, -0.2) is 0 Å². The van der Waals surface area contributed by atoms with Crippen molar-refractivity contribution in [2.24, 2.45) is 17.8 Å². The predicted molar refractivity (Wildman–Crippen MR) is 69.5 cm³/mol. The van der Waals surface area contributed by atoms with Gasteiger partial charge in [-0.1, -0.05) is 27.2 Å². The van der Waals surface area contributed by atoms with Gasteiger partial charge in [-0.15, -0.1) is 0 Å². The second kappa shape index (κ2) is 6.61. The second-order valence-corrected chi connectivity index (χ2v) is 5.98. The van der Waals surface area contributed by atoms with Gasteiger partial charge in [0.15, 0.2) is 0 Å². The highest BCUT2D eigenvalue weighted by molar-refractivity contribution is 4.80. The third-order valence-corrected chi connectivity index (χ3v) is 4.07. The average molecular weight is 227 g/mol. The van der Waals surface area contributed by atoms with Crippen molar-refractivity contribution in [1.82, 2.24) is 4.90 Å². The first kappa shape index (κ1) is 14.0. The van der Waals surface area contributed by atoms with Gasteiger partial charge in [0, 0.05) is 13.1 Å². The van der Waals surface area contributed by atoms with Crippen molar-refractivity contribution in [2.75, 3.05) is 20.1 Å². The lowest BCUT2D eigenvalue weighted by molar-refractivity contribution is 0.0329. The van der Waals surface area contributed by atoms with E-state index in [4.69, 9.17) is 0 Å². The lowest BCUT2D eigenvalue weighted by Gasteiger charge is -2.34. The zero-order valence-corrected chi connectivity index (χ0v) is 11.4. The maximum Gasteiger partial charge on any atom is 0.0580 e. The summed E-state index contributed by atoms with van der Waals surface area (Å²) in [5, 5.41) is 10.0. The van der Waals surface area contributed by atoms with E-state index in [1.807, 2.05) is 0 Å². The van der Waals surface area contributed by atoms with Crippen LogP contribution in [0.15, 0.2) is 0 Å². The number of hydrogen-bond donors (Lipinski definition) is 1. The van der Waals surface area contributed by atoms with Crippen LogP contribution in [0, 0.1) is 17.8 Å². The highest BCUT2D eigenvalue weighted by Crippen LogP contribution is 2.29. The Kier molecular flexibility index (Phi) is 5.77. The minimum atomic E-state index is -0.0596. The smallest absolute Gasteiger partial charge is 0.0580 e. The summed E-state index contributed by atoms with van der Waals surface area (Å²) < 4.78 is 0. The summed E-state index contributed by atoms with van der Waals surface area (Å²) in [5.41, 5.74) is 0. The first-order valence-electron chi connectivity index (χ1n) is 6.89. The Hall–Kier alpha value is -0.0800. The Labute approximate surface area is 101 Å². The van der Waals surface area contributed by atoms with E-state index >= 15 is 0 Å². The van der Waals surface area contributed by atoms with Gasteiger partial charge in [-0.05, 0) is 44.1 Å². The van der Waals surface area contributed by atoms with E-state index in [9.17, 15) is 5.11 Å². The molecule has 0 saturated heterocycles. The Balaban J connectivity index is 2.33. The van der Waals surface area contributed by atoms with Crippen molar-refractivity contribution in [2.45, 2.75) is 52.6 Å². The molecule has 2 nitrogen and oxygen atoms in total. The average Bonchev–Trinajstić information content (AvgIpc) is 2.23. The Bertz CT molecular complexity index is 195. The van der Waals surface area contributed by atoms with Gasteiger partial charge in [-0.2, -0.15) is 0 Å². The maximum absolute atomic E-state index is 10.0. The normalized spacial score (nSPS) is 33.0. The summed E-state index contributed by atoms with van der Waals surface area (Å²) >= 11 is 0. The third kappa shape index (κ3) is 4.42. The van der Waals surface area contributed by atoms with Gasteiger partial charge >= 0.3 is 0 Å². The van der Waals surface area contributed by atoms with Crippen LogP contribution >= 0.6 is 0 Å². The lowest BCUT2D eigenvalue weighted by atomic mass is 9.80. The molecule has 1 saturated carbocycles. The van der Waals surface area contributed by atoms with Crippen molar-refractivity contribution in [3.63, 3.8) is 0 Å². The lowest BCUT2D eigenvalue weighted by Crippen LogP contribution is -2.38. The topological polar surface area (TPSA) is 23.5 Å². The van der Waals surface area contributed by atoms with E-state index in [0.717, 1.165) is 31.3 Å². The number of hydrogen-bond acceptors (Lipinski definition) is 2. The summed E-state index contributed by atoms with van der Waals surface area (Å²) in [5.74, 6) is 2.06. The number of aliphatic hydroxyl groups excluding tert-OH is 1. The molecule has 0 heterocycles. The van der Waals surface area contributed by atoms with Crippen molar-refractivity contribution in [3.05, 3.63) is 0 Å². The van der Waals surface area contributed by atoms with Crippen LogP contribution in [0.1, 0.15) is 46.5 Å². The van der Waals surface area contributed by atoms with Crippen molar-refractivity contribution >= 4 is 0 Å². The standard InChI is InChI=1S/C14H29NO/c1-5-11(2)9-15(4)10-13-8-12(3)6-7-14(13)16/h11-14,16H,5-10H2,1-4H3. The molecule has 0 spiro atoms. The summed E-state index contributed by atoms with van der Waals surface area (Å²) in [6.45, 7) is 9.09. The molecule has 1 aliphatic carbocycles. The molecule has 0 aliphatic heterocycles. The van der Waals surface area contributed by atoms with Gasteiger partial charge in [-0.3, -0.25) is 0 Å². The SMILES string of the molecule is CCC(C)CN(C)CC1CC(C)CCC1O. The van der Waals surface area contributed by atoms with Crippen LogP contribution in [-0.2, 0) is 0 Å². The van der Waals surface area contributed by atoms with Crippen LogP contribution in [0.25, 0.3) is 0 Å². The Morgan fingerprint density at radius 1 is 1.38 bits per heavy atom. The Morgan fingerprint density at radius 3 is 2.69 bits per heavy atom. The molecule has 0 aromatic rings. The number of nitrogens with zero attached hydrogens (tertiary/aromatic N) is 1. The Morgan fingerprint density at radius 2 is 2.06 bits per heavy atom. The second-order valence-electron chi connectivity index (χ2n) is 5.98.